The Morgan fingerprint density at radius 2 is 1.92 bits per heavy atom. The molecule has 0 bridgehead atoms. The van der Waals surface area contributed by atoms with Crippen molar-refractivity contribution in [1.29, 1.82) is 0 Å². The predicted octanol–water partition coefficient (Wildman–Crippen LogP) is 3.10. The Kier molecular flexibility index (Phi) is 3.81. The molecule has 1 heteroatoms. The molecule has 0 amide bonds. The fraction of sp³-hybridized carbons (Fsp3) is 0.500. The maximum Gasteiger partial charge on any atom is 0.119 e. The molecule has 0 heterocycles. The monoisotopic (exact) mass is 177 g/mol. The zero-order valence-corrected chi connectivity index (χ0v) is 8.43. The average molecular weight is 177 g/mol. The summed E-state index contributed by atoms with van der Waals surface area (Å²) in [6, 6.07) is 6.73. The molecule has 0 aliphatic carbocycles. The Labute approximate surface area is 80.4 Å². The summed E-state index contributed by atoms with van der Waals surface area (Å²) in [6.07, 6.45) is 4.15. The molecule has 1 aromatic carbocycles. The van der Waals surface area contributed by atoms with Crippen LogP contribution in [0.1, 0.15) is 37.8 Å². The summed E-state index contributed by atoms with van der Waals surface area (Å²) in [5.74, 6) is 0.434. The molecule has 0 aliphatic rings. The second-order valence-corrected chi connectivity index (χ2v) is 3.32. The minimum atomic E-state index is 0.434. The van der Waals surface area contributed by atoms with Crippen molar-refractivity contribution >= 4 is 0 Å². The van der Waals surface area contributed by atoms with Crippen LogP contribution >= 0.6 is 0 Å². The Morgan fingerprint density at radius 1 is 1.23 bits per heavy atom. The number of hydrogen-bond acceptors (Lipinski definition) is 1. The van der Waals surface area contributed by atoms with Gasteiger partial charge in [0.15, 0.2) is 0 Å². The van der Waals surface area contributed by atoms with E-state index in [1.807, 2.05) is 0 Å². The van der Waals surface area contributed by atoms with E-state index in [9.17, 15) is 5.11 Å². The standard InChI is InChI=1S/C12H17O/c1-3-6-10-8-5-9-12(13)11(10)7-4-2/h5,9,13H,3-4,6-7H2,1-2H3. The van der Waals surface area contributed by atoms with Gasteiger partial charge in [-0.15, -0.1) is 0 Å². The van der Waals surface area contributed by atoms with Crippen LogP contribution in [0.4, 0.5) is 0 Å². The molecule has 0 saturated heterocycles. The molecule has 71 valence electrons. The van der Waals surface area contributed by atoms with E-state index in [0.29, 0.717) is 5.75 Å². The molecule has 1 rings (SSSR count). The minimum absolute atomic E-state index is 0.434. The van der Waals surface area contributed by atoms with Crippen LogP contribution < -0.4 is 0 Å². The average Bonchev–Trinajstić information content (AvgIpc) is 2.11. The lowest BCUT2D eigenvalue weighted by molar-refractivity contribution is 0.466. The first-order valence-corrected chi connectivity index (χ1v) is 5.01. The van der Waals surface area contributed by atoms with Gasteiger partial charge in [0.05, 0.1) is 0 Å². The van der Waals surface area contributed by atoms with Crippen molar-refractivity contribution in [2.75, 3.05) is 0 Å². The second kappa shape index (κ2) is 4.90. The summed E-state index contributed by atoms with van der Waals surface area (Å²) in [4.78, 5) is 0. The summed E-state index contributed by atoms with van der Waals surface area (Å²) in [5.41, 5.74) is 2.27. The van der Waals surface area contributed by atoms with Gasteiger partial charge < -0.3 is 5.11 Å². The molecule has 0 atom stereocenters. The lowest BCUT2D eigenvalue weighted by Crippen LogP contribution is -1.94. The van der Waals surface area contributed by atoms with Gasteiger partial charge in [0.25, 0.3) is 0 Å². The van der Waals surface area contributed by atoms with Gasteiger partial charge in [0.2, 0.25) is 0 Å². The van der Waals surface area contributed by atoms with E-state index in [-0.39, 0.29) is 0 Å². The normalized spacial score (nSPS) is 10.3. The maximum absolute atomic E-state index is 9.63. The fourth-order valence-corrected chi connectivity index (χ4v) is 1.57. The molecule has 0 fully saturated rings. The van der Waals surface area contributed by atoms with Crippen LogP contribution in [0, 0.1) is 6.07 Å². The molecule has 1 radical (unpaired) electrons. The molecule has 0 spiro atoms. The molecule has 0 unspecified atom stereocenters. The number of aromatic hydroxyl groups is 1. The van der Waals surface area contributed by atoms with Crippen LogP contribution in [0.5, 0.6) is 5.75 Å². The molecule has 0 saturated carbocycles. The van der Waals surface area contributed by atoms with Crippen LogP contribution in [-0.4, -0.2) is 5.11 Å². The van der Waals surface area contributed by atoms with Gasteiger partial charge in [-0.25, -0.2) is 0 Å². The Bertz CT molecular complexity index is 266. The van der Waals surface area contributed by atoms with E-state index in [1.54, 1.807) is 12.1 Å². The van der Waals surface area contributed by atoms with E-state index >= 15 is 0 Å². The Morgan fingerprint density at radius 3 is 2.54 bits per heavy atom. The molecule has 0 aromatic heterocycles. The lowest BCUT2D eigenvalue weighted by atomic mass is 9.99. The summed E-state index contributed by atoms with van der Waals surface area (Å²) < 4.78 is 0. The maximum atomic E-state index is 9.63. The molecular formula is C12H17O. The van der Waals surface area contributed by atoms with Crippen molar-refractivity contribution in [1.82, 2.24) is 0 Å². The van der Waals surface area contributed by atoms with E-state index in [1.165, 1.54) is 5.56 Å². The van der Waals surface area contributed by atoms with Crippen molar-refractivity contribution in [3.8, 4) is 5.75 Å². The first-order chi connectivity index (χ1) is 6.29. The fourth-order valence-electron chi connectivity index (χ4n) is 1.57. The number of rotatable bonds is 4. The van der Waals surface area contributed by atoms with Gasteiger partial charge in [-0.3, -0.25) is 0 Å². The van der Waals surface area contributed by atoms with Crippen molar-refractivity contribution in [2.24, 2.45) is 0 Å². The highest BCUT2D eigenvalue weighted by atomic mass is 16.3. The van der Waals surface area contributed by atoms with Crippen LogP contribution in [0.3, 0.4) is 0 Å². The highest BCUT2D eigenvalue weighted by Gasteiger charge is 2.05. The molecule has 13 heavy (non-hydrogen) atoms. The smallest absolute Gasteiger partial charge is 0.119 e. The van der Waals surface area contributed by atoms with Crippen LogP contribution in [0.2, 0.25) is 0 Å². The zero-order chi connectivity index (χ0) is 9.68. The van der Waals surface area contributed by atoms with Gasteiger partial charge in [-0.1, -0.05) is 32.8 Å². The summed E-state index contributed by atoms with van der Waals surface area (Å²) >= 11 is 0. The van der Waals surface area contributed by atoms with Crippen LogP contribution in [0.25, 0.3) is 0 Å². The number of phenols is 1. The summed E-state index contributed by atoms with van der Waals surface area (Å²) in [7, 11) is 0. The molecule has 1 nitrogen and oxygen atoms in total. The van der Waals surface area contributed by atoms with Gasteiger partial charge >= 0.3 is 0 Å². The van der Waals surface area contributed by atoms with Crippen LogP contribution in [-0.2, 0) is 12.8 Å². The van der Waals surface area contributed by atoms with Crippen molar-refractivity contribution in [2.45, 2.75) is 39.5 Å². The SMILES string of the molecule is CCCc1[c]ccc(O)c1CCC. The predicted molar refractivity (Wildman–Crippen MR) is 54.9 cm³/mol. The van der Waals surface area contributed by atoms with E-state index in [4.69, 9.17) is 0 Å². The minimum Gasteiger partial charge on any atom is -0.508 e. The quantitative estimate of drug-likeness (QED) is 0.749. The molecule has 1 N–H and O–H groups in total. The van der Waals surface area contributed by atoms with Crippen molar-refractivity contribution < 1.29 is 5.11 Å². The summed E-state index contributed by atoms with van der Waals surface area (Å²) in [5, 5.41) is 9.63. The van der Waals surface area contributed by atoms with Crippen molar-refractivity contribution in [3.05, 3.63) is 29.3 Å². The number of hydrogen-bond donors (Lipinski definition) is 1. The Balaban J connectivity index is 2.95. The third-order valence-electron chi connectivity index (χ3n) is 2.17. The number of benzene rings is 1. The number of aryl methyl sites for hydroxylation is 1. The third-order valence-corrected chi connectivity index (χ3v) is 2.17. The first kappa shape index (κ1) is 10.1. The largest absolute Gasteiger partial charge is 0.508 e. The number of phenolic OH excluding ortho intramolecular Hbond substituents is 1. The van der Waals surface area contributed by atoms with Gasteiger partial charge in [0, 0.05) is 0 Å². The van der Waals surface area contributed by atoms with Crippen molar-refractivity contribution in [3.63, 3.8) is 0 Å². The molecule has 1 aromatic rings. The van der Waals surface area contributed by atoms with Gasteiger partial charge in [-0.2, -0.15) is 0 Å². The second-order valence-electron chi connectivity index (χ2n) is 3.32. The van der Waals surface area contributed by atoms with E-state index in [2.05, 4.69) is 19.9 Å². The van der Waals surface area contributed by atoms with Gasteiger partial charge in [-0.05, 0) is 36.1 Å². The van der Waals surface area contributed by atoms with E-state index in [0.717, 1.165) is 31.2 Å². The highest BCUT2D eigenvalue weighted by molar-refractivity contribution is 5.38. The van der Waals surface area contributed by atoms with Gasteiger partial charge in [0.1, 0.15) is 5.75 Å². The van der Waals surface area contributed by atoms with Crippen LogP contribution in [0.15, 0.2) is 12.1 Å². The topological polar surface area (TPSA) is 20.2 Å². The third kappa shape index (κ3) is 2.48. The molecular weight excluding hydrogens is 160 g/mol. The highest BCUT2D eigenvalue weighted by Crippen LogP contribution is 2.23. The lowest BCUT2D eigenvalue weighted by Gasteiger charge is -2.08. The zero-order valence-electron chi connectivity index (χ0n) is 8.43. The van der Waals surface area contributed by atoms with E-state index < -0.39 is 0 Å². The summed E-state index contributed by atoms with van der Waals surface area (Å²) in [6.45, 7) is 4.27. The first-order valence-electron chi connectivity index (χ1n) is 5.01. The molecule has 0 aliphatic heterocycles. The Hall–Kier alpha value is -0.980.